The van der Waals surface area contributed by atoms with Gasteiger partial charge in [-0.15, -0.1) is 5.10 Å². The summed E-state index contributed by atoms with van der Waals surface area (Å²) in [6, 6.07) is 22.2. The molecular formula is C27H23N7O3. The van der Waals surface area contributed by atoms with Crippen LogP contribution in [0.5, 0.6) is 11.5 Å². The molecule has 0 aliphatic rings. The van der Waals surface area contributed by atoms with Crippen LogP contribution in [0.2, 0.25) is 0 Å². The second-order valence-corrected chi connectivity index (χ2v) is 8.01. The summed E-state index contributed by atoms with van der Waals surface area (Å²) in [6.45, 7) is 0.870. The third-order valence-corrected chi connectivity index (χ3v) is 5.53. The lowest BCUT2D eigenvalue weighted by atomic mass is 10.1. The Kier molecular flexibility index (Phi) is 6.71. The molecule has 0 radical (unpaired) electrons. The molecule has 0 saturated carbocycles. The Labute approximate surface area is 212 Å². The molecular weight excluding hydrogens is 470 g/mol. The highest BCUT2D eigenvalue weighted by Gasteiger charge is 2.19. The van der Waals surface area contributed by atoms with Crippen LogP contribution in [0.4, 0.5) is 5.95 Å². The third kappa shape index (κ3) is 5.22. The Morgan fingerprint density at radius 1 is 0.784 bits per heavy atom. The average Bonchev–Trinajstić information content (AvgIpc) is 3.37. The minimum atomic E-state index is -0.225. The maximum atomic E-state index is 12.6. The lowest BCUT2D eigenvalue weighted by Gasteiger charge is -2.09. The van der Waals surface area contributed by atoms with E-state index in [1.807, 2.05) is 0 Å². The van der Waals surface area contributed by atoms with Crippen molar-refractivity contribution in [3.8, 4) is 40.0 Å². The normalized spacial score (nSPS) is 10.7. The minimum absolute atomic E-state index is 0.0452. The van der Waals surface area contributed by atoms with E-state index in [1.165, 1.54) is 0 Å². The van der Waals surface area contributed by atoms with Crippen molar-refractivity contribution in [2.45, 2.75) is 0 Å². The maximum absolute atomic E-state index is 12.6. The van der Waals surface area contributed by atoms with Crippen LogP contribution in [0, 0.1) is 0 Å². The van der Waals surface area contributed by atoms with E-state index in [1.54, 1.807) is 95.9 Å². The molecule has 2 aromatic heterocycles. The number of aromatic hydroxyl groups is 2. The van der Waals surface area contributed by atoms with E-state index in [0.717, 1.165) is 0 Å². The molecule has 37 heavy (non-hydrogen) atoms. The van der Waals surface area contributed by atoms with Crippen LogP contribution < -0.4 is 10.6 Å². The third-order valence-electron chi connectivity index (χ3n) is 5.53. The number of hydrogen-bond acceptors (Lipinski definition) is 8. The first-order chi connectivity index (χ1) is 18.1. The van der Waals surface area contributed by atoms with E-state index in [4.69, 9.17) is 0 Å². The zero-order chi connectivity index (χ0) is 25.6. The molecule has 0 fully saturated rings. The molecule has 5 rings (SSSR count). The summed E-state index contributed by atoms with van der Waals surface area (Å²) < 4.78 is 1.57. The number of nitrogens with zero attached hydrogens (tertiary/aromatic N) is 5. The molecule has 1 amide bonds. The number of rotatable bonds is 8. The number of phenols is 2. The molecule has 3 aromatic carbocycles. The largest absolute Gasteiger partial charge is 0.507 e. The lowest BCUT2D eigenvalue weighted by Crippen LogP contribution is -2.29. The van der Waals surface area contributed by atoms with Crippen molar-refractivity contribution in [3.63, 3.8) is 0 Å². The maximum Gasteiger partial charge on any atom is 0.251 e. The van der Waals surface area contributed by atoms with E-state index in [9.17, 15) is 15.0 Å². The second-order valence-electron chi connectivity index (χ2n) is 8.01. The fraction of sp³-hybridized carbons (Fsp3) is 0.0741. The van der Waals surface area contributed by atoms with Gasteiger partial charge in [-0.1, -0.05) is 24.3 Å². The number of carbonyl (C=O) groups excluding carboxylic acids is 1. The van der Waals surface area contributed by atoms with Crippen LogP contribution >= 0.6 is 0 Å². The number of para-hydroxylation sites is 2. The Bertz CT molecular complexity index is 1520. The predicted octanol–water partition coefficient (Wildman–Crippen LogP) is 3.64. The SMILES string of the molecule is O=C(NCCNc1ncccn1)c1ccc(-n2nc(-c3ccccc3O)nc2-c2ccccc2O)cc1. The van der Waals surface area contributed by atoms with Gasteiger partial charge >= 0.3 is 0 Å². The molecule has 10 heteroatoms. The van der Waals surface area contributed by atoms with Crippen molar-refractivity contribution in [1.82, 2.24) is 30.0 Å². The number of phenolic OH excluding ortho intramolecular Hbond substituents is 2. The summed E-state index contributed by atoms with van der Waals surface area (Å²) in [5.41, 5.74) is 2.05. The van der Waals surface area contributed by atoms with Gasteiger partial charge in [0.25, 0.3) is 5.91 Å². The van der Waals surface area contributed by atoms with Crippen molar-refractivity contribution in [2.24, 2.45) is 0 Å². The fourth-order valence-corrected chi connectivity index (χ4v) is 3.70. The zero-order valence-corrected chi connectivity index (χ0v) is 19.6. The van der Waals surface area contributed by atoms with Gasteiger partial charge in [0.15, 0.2) is 11.6 Å². The van der Waals surface area contributed by atoms with Gasteiger partial charge < -0.3 is 20.8 Å². The van der Waals surface area contributed by atoms with Gasteiger partial charge in [-0.3, -0.25) is 4.79 Å². The van der Waals surface area contributed by atoms with Crippen LogP contribution in [-0.2, 0) is 0 Å². The summed E-state index contributed by atoms with van der Waals surface area (Å²) in [5.74, 6) is 1.05. The topological polar surface area (TPSA) is 138 Å². The van der Waals surface area contributed by atoms with Gasteiger partial charge in [-0.2, -0.15) is 0 Å². The van der Waals surface area contributed by atoms with Crippen molar-refractivity contribution in [3.05, 3.63) is 96.8 Å². The highest BCUT2D eigenvalue weighted by molar-refractivity contribution is 5.94. The Morgan fingerprint density at radius 2 is 1.43 bits per heavy atom. The first-order valence-corrected chi connectivity index (χ1v) is 11.5. The Hall–Kier alpha value is -5.25. The quantitative estimate of drug-likeness (QED) is 0.240. The molecule has 0 saturated heterocycles. The number of hydrogen-bond donors (Lipinski definition) is 4. The molecule has 0 spiro atoms. The van der Waals surface area contributed by atoms with Crippen molar-refractivity contribution in [1.29, 1.82) is 0 Å². The van der Waals surface area contributed by atoms with Crippen LogP contribution in [0.25, 0.3) is 28.5 Å². The number of carbonyl (C=O) groups is 1. The van der Waals surface area contributed by atoms with Gasteiger partial charge in [0.1, 0.15) is 11.5 Å². The highest BCUT2D eigenvalue weighted by Crippen LogP contribution is 2.33. The summed E-state index contributed by atoms with van der Waals surface area (Å²) in [4.78, 5) is 25.4. The van der Waals surface area contributed by atoms with Crippen LogP contribution in [0.1, 0.15) is 10.4 Å². The van der Waals surface area contributed by atoms with E-state index in [0.29, 0.717) is 53.1 Å². The molecule has 4 N–H and O–H groups in total. The summed E-state index contributed by atoms with van der Waals surface area (Å²) in [5, 5.41) is 31.3. The highest BCUT2D eigenvalue weighted by atomic mass is 16.3. The fourth-order valence-electron chi connectivity index (χ4n) is 3.70. The number of aromatic nitrogens is 5. The van der Waals surface area contributed by atoms with Crippen LogP contribution in [0.15, 0.2) is 91.3 Å². The van der Waals surface area contributed by atoms with E-state index < -0.39 is 0 Å². The molecule has 0 bridgehead atoms. The standard InChI is InChI=1S/C27H23N7O3/c35-22-8-3-1-6-20(22)24-32-25(21-7-2-4-9-23(21)36)34(33-24)19-12-10-18(11-13-19)26(37)28-16-17-31-27-29-14-5-15-30-27/h1-15,35-36H,16-17H2,(H,28,37)(H,29,30,31). The van der Waals surface area contributed by atoms with Crippen molar-refractivity contribution < 1.29 is 15.0 Å². The number of benzene rings is 3. The zero-order valence-electron chi connectivity index (χ0n) is 19.6. The number of amides is 1. The van der Waals surface area contributed by atoms with Crippen molar-refractivity contribution in [2.75, 3.05) is 18.4 Å². The first-order valence-electron chi connectivity index (χ1n) is 11.5. The monoisotopic (exact) mass is 493 g/mol. The molecule has 0 aliphatic carbocycles. The van der Waals surface area contributed by atoms with Crippen molar-refractivity contribution >= 4 is 11.9 Å². The van der Waals surface area contributed by atoms with E-state index in [2.05, 4.69) is 30.7 Å². The molecule has 0 aliphatic heterocycles. The molecule has 0 atom stereocenters. The van der Waals surface area contributed by atoms with Gasteiger partial charge in [-0.25, -0.2) is 19.6 Å². The molecule has 184 valence electrons. The predicted molar refractivity (Wildman–Crippen MR) is 138 cm³/mol. The minimum Gasteiger partial charge on any atom is -0.507 e. The van der Waals surface area contributed by atoms with Crippen LogP contribution in [-0.4, -0.2) is 53.9 Å². The van der Waals surface area contributed by atoms with Crippen LogP contribution in [0.3, 0.4) is 0 Å². The number of anilines is 1. The van der Waals surface area contributed by atoms with Gasteiger partial charge in [0.05, 0.1) is 16.8 Å². The molecule has 0 unspecified atom stereocenters. The first kappa shape index (κ1) is 23.5. The summed E-state index contributed by atoms with van der Waals surface area (Å²) >= 11 is 0. The second kappa shape index (κ2) is 10.6. The molecule has 2 heterocycles. The summed E-state index contributed by atoms with van der Waals surface area (Å²) in [6.07, 6.45) is 3.28. The molecule has 5 aromatic rings. The lowest BCUT2D eigenvalue weighted by molar-refractivity contribution is 0.0955. The summed E-state index contributed by atoms with van der Waals surface area (Å²) in [7, 11) is 0. The average molecular weight is 494 g/mol. The van der Waals surface area contributed by atoms with Gasteiger partial charge in [0.2, 0.25) is 5.95 Å². The molecule has 10 nitrogen and oxygen atoms in total. The van der Waals surface area contributed by atoms with E-state index >= 15 is 0 Å². The van der Waals surface area contributed by atoms with Gasteiger partial charge in [0, 0.05) is 31.0 Å². The Balaban J connectivity index is 1.37. The smallest absolute Gasteiger partial charge is 0.251 e. The Morgan fingerprint density at radius 3 is 2.11 bits per heavy atom. The number of nitrogens with one attached hydrogen (secondary N) is 2. The van der Waals surface area contributed by atoms with E-state index in [-0.39, 0.29) is 17.4 Å². The van der Waals surface area contributed by atoms with Gasteiger partial charge in [-0.05, 0) is 54.6 Å².